The summed E-state index contributed by atoms with van der Waals surface area (Å²) < 4.78 is 13.3. The molecule has 1 aromatic heterocycles. The predicted molar refractivity (Wildman–Crippen MR) is 112 cm³/mol. The Morgan fingerprint density at radius 2 is 2.07 bits per heavy atom. The highest BCUT2D eigenvalue weighted by atomic mass is 35.5. The zero-order chi connectivity index (χ0) is 19.1. The van der Waals surface area contributed by atoms with Crippen molar-refractivity contribution in [1.29, 1.82) is 0 Å². The Hall–Kier alpha value is -1.60. The van der Waals surface area contributed by atoms with Gasteiger partial charge in [0.25, 0.3) is 0 Å². The van der Waals surface area contributed by atoms with Crippen molar-refractivity contribution < 1.29 is 14.6 Å². The number of hydrogen-bond acceptors (Lipinski definition) is 5. The normalized spacial score (nSPS) is 17.0. The molecule has 2 N–H and O–H groups in total. The number of rotatable bonds is 9. The van der Waals surface area contributed by atoms with Gasteiger partial charge in [-0.3, -0.25) is 0 Å². The Labute approximate surface area is 173 Å². The van der Waals surface area contributed by atoms with E-state index in [2.05, 4.69) is 10.3 Å². The van der Waals surface area contributed by atoms with E-state index >= 15 is 0 Å². The number of benzene rings is 1. The Bertz CT molecular complexity index is 704. The lowest BCUT2D eigenvalue weighted by Gasteiger charge is -2.25. The van der Waals surface area contributed by atoms with E-state index in [4.69, 9.17) is 9.47 Å². The van der Waals surface area contributed by atoms with Crippen LogP contribution in [0.3, 0.4) is 0 Å². The molecule has 0 radical (unpaired) electrons. The van der Waals surface area contributed by atoms with E-state index in [9.17, 15) is 5.11 Å². The fourth-order valence-corrected chi connectivity index (χ4v) is 3.63. The van der Waals surface area contributed by atoms with Crippen molar-refractivity contribution in [2.24, 2.45) is 7.05 Å². The molecule has 1 aliphatic rings. The zero-order valence-electron chi connectivity index (χ0n) is 16.7. The van der Waals surface area contributed by atoms with E-state index in [-0.39, 0.29) is 18.4 Å². The molecule has 1 aromatic carbocycles. The molecule has 0 amide bonds. The van der Waals surface area contributed by atoms with Crippen LogP contribution < -0.4 is 10.1 Å². The van der Waals surface area contributed by atoms with Crippen LogP contribution in [0.15, 0.2) is 36.7 Å². The van der Waals surface area contributed by atoms with Gasteiger partial charge in [-0.1, -0.05) is 31.4 Å². The highest BCUT2D eigenvalue weighted by Crippen LogP contribution is 2.24. The average Bonchev–Trinajstić information content (AvgIpc) is 3.13. The largest absolute Gasteiger partial charge is 0.497 e. The monoisotopic (exact) mass is 409 g/mol. The quantitative estimate of drug-likeness (QED) is 0.665. The van der Waals surface area contributed by atoms with Crippen LogP contribution in [0.25, 0.3) is 0 Å². The van der Waals surface area contributed by atoms with Gasteiger partial charge in [0, 0.05) is 26.0 Å². The molecule has 1 fully saturated rings. The zero-order valence-corrected chi connectivity index (χ0v) is 17.5. The SMILES string of the molecule is COc1cccc(C(NCC(O)COC2CCCCC2)c2nccn2C)c1.Cl. The summed E-state index contributed by atoms with van der Waals surface area (Å²) in [5, 5.41) is 13.9. The number of halogens is 1. The van der Waals surface area contributed by atoms with Crippen molar-refractivity contribution >= 4 is 12.4 Å². The lowest BCUT2D eigenvalue weighted by Crippen LogP contribution is -2.35. The van der Waals surface area contributed by atoms with Crippen LogP contribution in [0, 0.1) is 0 Å². The second kappa shape index (κ2) is 11.4. The first kappa shape index (κ1) is 22.7. The van der Waals surface area contributed by atoms with Crippen LogP contribution in [-0.2, 0) is 11.8 Å². The number of methoxy groups -OCH3 is 1. The minimum Gasteiger partial charge on any atom is -0.497 e. The Balaban J connectivity index is 0.00000280. The summed E-state index contributed by atoms with van der Waals surface area (Å²) >= 11 is 0. The molecule has 2 atom stereocenters. The lowest BCUT2D eigenvalue weighted by atomic mass is 9.98. The molecule has 0 saturated heterocycles. The smallest absolute Gasteiger partial charge is 0.130 e. The van der Waals surface area contributed by atoms with Crippen molar-refractivity contribution in [3.63, 3.8) is 0 Å². The molecular weight excluding hydrogens is 378 g/mol. The van der Waals surface area contributed by atoms with Gasteiger partial charge in [0.2, 0.25) is 0 Å². The van der Waals surface area contributed by atoms with Gasteiger partial charge in [-0.25, -0.2) is 4.98 Å². The van der Waals surface area contributed by atoms with Gasteiger partial charge in [0.1, 0.15) is 11.6 Å². The molecule has 0 bridgehead atoms. The third kappa shape index (κ3) is 6.21. The Morgan fingerprint density at radius 1 is 1.29 bits per heavy atom. The third-order valence-electron chi connectivity index (χ3n) is 5.18. The molecule has 1 heterocycles. The number of aliphatic hydroxyl groups is 1. The summed E-state index contributed by atoms with van der Waals surface area (Å²) in [5.41, 5.74) is 1.05. The summed E-state index contributed by atoms with van der Waals surface area (Å²) in [5.74, 6) is 1.69. The fourth-order valence-electron chi connectivity index (χ4n) is 3.63. The maximum absolute atomic E-state index is 10.4. The summed E-state index contributed by atoms with van der Waals surface area (Å²) in [7, 11) is 3.63. The van der Waals surface area contributed by atoms with Gasteiger partial charge in [-0.15, -0.1) is 12.4 Å². The predicted octanol–water partition coefficient (Wildman–Crippen LogP) is 3.24. The van der Waals surface area contributed by atoms with Crippen LogP contribution >= 0.6 is 12.4 Å². The second-order valence-electron chi connectivity index (χ2n) is 7.26. The van der Waals surface area contributed by atoms with E-state index in [0.29, 0.717) is 19.3 Å². The van der Waals surface area contributed by atoms with Crippen LogP contribution in [0.2, 0.25) is 0 Å². The number of aromatic nitrogens is 2. The highest BCUT2D eigenvalue weighted by Gasteiger charge is 2.21. The van der Waals surface area contributed by atoms with E-state index < -0.39 is 6.10 Å². The van der Waals surface area contributed by atoms with Gasteiger partial charge >= 0.3 is 0 Å². The maximum Gasteiger partial charge on any atom is 0.130 e. The first-order chi connectivity index (χ1) is 13.2. The molecular formula is C21H32ClN3O3. The van der Waals surface area contributed by atoms with Crippen molar-refractivity contribution in [1.82, 2.24) is 14.9 Å². The molecule has 2 aromatic rings. The summed E-state index contributed by atoms with van der Waals surface area (Å²) in [6.07, 6.45) is 9.44. The minimum absolute atomic E-state index is 0. The van der Waals surface area contributed by atoms with Crippen LogP contribution in [-0.4, -0.2) is 47.1 Å². The van der Waals surface area contributed by atoms with Crippen molar-refractivity contribution in [2.45, 2.75) is 50.4 Å². The van der Waals surface area contributed by atoms with Gasteiger partial charge in [0.05, 0.1) is 32.0 Å². The van der Waals surface area contributed by atoms with Crippen molar-refractivity contribution in [3.05, 3.63) is 48.0 Å². The van der Waals surface area contributed by atoms with Crippen LogP contribution in [0.1, 0.15) is 49.5 Å². The van der Waals surface area contributed by atoms with Crippen LogP contribution in [0.5, 0.6) is 5.75 Å². The number of hydrogen-bond donors (Lipinski definition) is 2. The molecule has 3 rings (SSSR count). The van der Waals surface area contributed by atoms with Crippen molar-refractivity contribution in [2.75, 3.05) is 20.3 Å². The summed E-state index contributed by atoms with van der Waals surface area (Å²) in [6.45, 7) is 0.796. The van der Waals surface area contributed by atoms with Gasteiger partial charge in [0.15, 0.2) is 0 Å². The van der Waals surface area contributed by atoms with E-state index in [1.807, 2.05) is 42.1 Å². The molecule has 156 valence electrons. The highest BCUT2D eigenvalue weighted by molar-refractivity contribution is 5.85. The van der Waals surface area contributed by atoms with E-state index in [0.717, 1.165) is 30.0 Å². The minimum atomic E-state index is -0.555. The number of ether oxygens (including phenoxy) is 2. The molecule has 28 heavy (non-hydrogen) atoms. The topological polar surface area (TPSA) is 68.5 Å². The van der Waals surface area contributed by atoms with Gasteiger partial charge in [-0.05, 0) is 30.5 Å². The van der Waals surface area contributed by atoms with Crippen LogP contribution in [0.4, 0.5) is 0 Å². The number of aryl methyl sites for hydroxylation is 1. The number of nitrogens with zero attached hydrogens (tertiary/aromatic N) is 2. The van der Waals surface area contributed by atoms with Gasteiger partial charge < -0.3 is 24.5 Å². The third-order valence-corrected chi connectivity index (χ3v) is 5.18. The number of imidazole rings is 1. The number of aliphatic hydroxyl groups excluding tert-OH is 1. The standard InChI is InChI=1S/C21H31N3O3.ClH/c1-24-12-11-22-21(24)20(16-7-6-10-19(13-16)26-2)23-14-17(25)15-27-18-8-4-3-5-9-18;/h6-7,10-13,17-18,20,23,25H,3-5,8-9,14-15H2,1-2H3;1H. The molecule has 6 nitrogen and oxygen atoms in total. The Morgan fingerprint density at radius 3 is 2.75 bits per heavy atom. The molecule has 1 saturated carbocycles. The molecule has 2 unspecified atom stereocenters. The first-order valence-electron chi connectivity index (χ1n) is 9.81. The second-order valence-corrected chi connectivity index (χ2v) is 7.26. The molecule has 0 spiro atoms. The molecule has 1 aliphatic carbocycles. The van der Waals surface area contributed by atoms with Crippen molar-refractivity contribution in [3.8, 4) is 5.75 Å². The molecule has 7 heteroatoms. The maximum atomic E-state index is 10.4. The lowest BCUT2D eigenvalue weighted by molar-refractivity contribution is -0.0234. The van der Waals surface area contributed by atoms with E-state index in [1.54, 1.807) is 13.3 Å². The number of nitrogens with one attached hydrogen (secondary N) is 1. The fraction of sp³-hybridized carbons (Fsp3) is 0.571. The van der Waals surface area contributed by atoms with Gasteiger partial charge in [-0.2, -0.15) is 0 Å². The first-order valence-corrected chi connectivity index (χ1v) is 9.81. The molecule has 0 aliphatic heterocycles. The summed E-state index contributed by atoms with van der Waals surface area (Å²) in [6, 6.07) is 7.79. The average molecular weight is 410 g/mol. The Kier molecular flexibility index (Phi) is 9.25. The summed E-state index contributed by atoms with van der Waals surface area (Å²) in [4.78, 5) is 4.49. The van der Waals surface area contributed by atoms with E-state index in [1.165, 1.54) is 19.3 Å².